The summed E-state index contributed by atoms with van der Waals surface area (Å²) < 4.78 is 16.2. The molecular weight excluding hydrogens is 334 g/mol. The van der Waals surface area contributed by atoms with Gasteiger partial charge in [-0.15, -0.1) is 0 Å². The van der Waals surface area contributed by atoms with Crippen molar-refractivity contribution in [2.24, 2.45) is 5.10 Å². The van der Waals surface area contributed by atoms with E-state index in [9.17, 15) is 4.79 Å². The third kappa shape index (κ3) is 4.70. The van der Waals surface area contributed by atoms with Crippen molar-refractivity contribution in [1.29, 1.82) is 0 Å². The molecule has 0 bridgehead atoms. The lowest BCUT2D eigenvalue weighted by Gasteiger charge is -2.04. The number of nitrogens with one attached hydrogen (secondary N) is 1. The first-order valence-corrected chi connectivity index (χ1v) is 7.83. The predicted octanol–water partition coefficient (Wildman–Crippen LogP) is 3.03. The fraction of sp³-hybridized carbons (Fsp3) is 0.105. The summed E-state index contributed by atoms with van der Waals surface area (Å²) in [7, 11) is 1.62. The third-order valence-corrected chi connectivity index (χ3v) is 3.42. The molecule has 0 spiro atoms. The number of ether oxygens (including phenoxy) is 2. The molecule has 0 unspecified atom stereocenters. The maximum atomic E-state index is 11.8. The van der Waals surface area contributed by atoms with E-state index in [1.54, 1.807) is 37.6 Å². The van der Waals surface area contributed by atoms with Gasteiger partial charge in [-0.1, -0.05) is 12.1 Å². The molecule has 0 aliphatic rings. The molecule has 1 N–H and O–H groups in total. The van der Waals surface area contributed by atoms with Crippen molar-refractivity contribution in [1.82, 2.24) is 10.4 Å². The monoisotopic (exact) mass is 351 g/mol. The van der Waals surface area contributed by atoms with Gasteiger partial charge in [-0.25, -0.2) is 5.43 Å². The number of carbonyl (C=O) groups excluding carboxylic acids is 1. The van der Waals surface area contributed by atoms with Gasteiger partial charge in [-0.3, -0.25) is 9.78 Å². The van der Waals surface area contributed by atoms with Crippen molar-refractivity contribution in [2.75, 3.05) is 7.11 Å². The number of rotatable bonds is 7. The van der Waals surface area contributed by atoms with E-state index in [0.717, 1.165) is 11.3 Å². The summed E-state index contributed by atoms with van der Waals surface area (Å²) in [5.41, 5.74) is 3.81. The van der Waals surface area contributed by atoms with Crippen LogP contribution in [0.25, 0.3) is 0 Å². The second-order valence-electron chi connectivity index (χ2n) is 5.23. The molecule has 0 radical (unpaired) electrons. The molecule has 3 rings (SSSR count). The Kier molecular flexibility index (Phi) is 5.61. The molecule has 0 aliphatic carbocycles. The van der Waals surface area contributed by atoms with Gasteiger partial charge in [-0.2, -0.15) is 5.10 Å². The Labute approximate surface area is 150 Å². The van der Waals surface area contributed by atoms with Crippen LogP contribution in [0.15, 0.2) is 70.4 Å². The van der Waals surface area contributed by atoms with Gasteiger partial charge in [0.2, 0.25) is 0 Å². The Morgan fingerprint density at radius 1 is 1.23 bits per heavy atom. The maximum absolute atomic E-state index is 11.8. The van der Waals surface area contributed by atoms with Crippen LogP contribution in [0.4, 0.5) is 0 Å². The minimum absolute atomic E-state index is 0.350. The van der Waals surface area contributed by atoms with Crippen molar-refractivity contribution in [3.63, 3.8) is 0 Å². The molecule has 0 saturated carbocycles. The third-order valence-electron chi connectivity index (χ3n) is 3.42. The molecule has 1 amide bonds. The number of amides is 1. The largest absolute Gasteiger partial charge is 0.497 e. The predicted molar refractivity (Wildman–Crippen MR) is 95.3 cm³/mol. The quantitative estimate of drug-likeness (QED) is 0.522. The molecule has 132 valence electrons. The summed E-state index contributed by atoms with van der Waals surface area (Å²) in [5.74, 6) is 1.26. The first kappa shape index (κ1) is 17.2. The van der Waals surface area contributed by atoms with Crippen molar-refractivity contribution >= 4 is 12.1 Å². The van der Waals surface area contributed by atoms with Crippen LogP contribution in [0.3, 0.4) is 0 Å². The molecule has 0 saturated heterocycles. The van der Waals surface area contributed by atoms with E-state index in [4.69, 9.17) is 13.9 Å². The van der Waals surface area contributed by atoms with E-state index in [1.807, 2.05) is 24.3 Å². The number of methoxy groups -OCH3 is 1. The lowest BCUT2D eigenvalue weighted by molar-refractivity contribution is 0.0954. The van der Waals surface area contributed by atoms with Gasteiger partial charge in [-0.05, 0) is 35.9 Å². The van der Waals surface area contributed by atoms with Crippen LogP contribution in [0.5, 0.6) is 11.7 Å². The number of benzene rings is 1. The molecule has 0 fully saturated rings. The first-order chi connectivity index (χ1) is 12.7. The van der Waals surface area contributed by atoms with Crippen molar-refractivity contribution in [2.45, 2.75) is 6.61 Å². The zero-order chi connectivity index (χ0) is 18.2. The van der Waals surface area contributed by atoms with Gasteiger partial charge >= 0.3 is 0 Å². The van der Waals surface area contributed by atoms with Gasteiger partial charge in [0.15, 0.2) is 5.76 Å². The minimum atomic E-state index is -0.350. The number of hydrogen-bond donors (Lipinski definition) is 1. The molecular formula is C19H17N3O4. The fourth-order valence-electron chi connectivity index (χ4n) is 2.07. The molecule has 2 aromatic heterocycles. The van der Waals surface area contributed by atoms with Crippen LogP contribution in [0, 0.1) is 0 Å². The van der Waals surface area contributed by atoms with E-state index in [1.165, 1.54) is 12.4 Å². The van der Waals surface area contributed by atoms with Crippen LogP contribution in [0.1, 0.15) is 21.7 Å². The Hall–Kier alpha value is -3.61. The Morgan fingerprint density at radius 3 is 2.81 bits per heavy atom. The summed E-state index contributed by atoms with van der Waals surface area (Å²) in [5, 5.41) is 3.85. The summed E-state index contributed by atoms with van der Waals surface area (Å²) in [4.78, 5) is 15.7. The molecule has 2 heterocycles. The molecule has 1 aromatic carbocycles. The second-order valence-corrected chi connectivity index (χ2v) is 5.23. The first-order valence-electron chi connectivity index (χ1n) is 7.83. The number of pyridine rings is 1. The Bertz CT molecular complexity index is 873. The van der Waals surface area contributed by atoms with Crippen molar-refractivity contribution in [3.8, 4) is 11.7 Å². The van der Waals surface area contributed by atoms with Crippen LogP contribution < -0.4 is 14.9 Å². The van der Waals surface area contributed by atoms with Gasteiger partial charge in [0.1, 0.15) is 12.4 Å². The number of aromatic nitrogens is 1. The molecule has 0 atom stereocenters. The van der Waals surface area contributed by atoms with E-state index >= 15 is 0 Å². The van der Waals surface area contributed by atoms with Crippen LogP contribution in [-0.4, -0.2) is 24.2 Å². The highest BCUT2D eigenvalue weighted by Crippen LogP contribution is 2.17. The number of furan rings is 1. The van der Waals surface area contributed by atoms with Gasteiger partial charge in [0, 0.05) is 18.5 Å². The fourth-order valence-corrected chi connectivity index (χ4v) is 2.07. The molecule has 7 heteroatoms. The highest BCUT2D eigenvalue weighted by atomic mass is 16.6. The summed E-state index contributed by atoms with van der Waals surface area (Å²) in [6, 6.07) is 14.3. The average Bonchev–Trinajstić information content (AvgIpc) is 3.15. The maximum Gasteiger partial charge on any atom is 0.285 e. The normalized spacial score (nSPS) is 10.7. The number of hydrogen-bond acceptors (Lipinski definition) is 6. The van der Waals surface area contributed by atoms with Gasteiger partial charge in [0.05, 0.1) is 18.9 Å². The molecule has 7 nitrogen and oxygen atoms in total. The standard InChI is InChI=1S/C19H17N3O4/c1-24-16-6-4-14(5-7-16)13-25-18-9-8-17(26-18)12-21-22-19(23)15-3-2-10-20-11-15/h2-12H,13H2,1H3,(H,22,23)/b21-12+. The lowest BCUT2D eigenvalue weighted by atomic mass is 10.2. The van der Waals surface area contributed by atoms with E-state index < -0.39 is 0 Å². The van der Waals surface area contributed by atoms with Crippen molar-refractivity contribution < 1.29 is 18.7 Å². The van der Waals surface area contributed by atoms with Crippen LogP contribution in [-0.2, 0) is 6.61 Å². The number of hydrazone groups is 1. The van der Waals surface area contributed by atoms with Crippen LogP contribution in [0.2, 0.25) is 0 Å². The van der Waals surface area contributed by atoms with Crippen molar-refractivity contribution in [3.05, 3.63) is 77.8 Å². The van der Waals surface area contributed by atoms with E-state index in [-0.39, 0.29) is 5.91 Å². The molecule has 0 aliphatic heterocycles. The lowest BCUT2D eigenvalue weighted by Crippen LogP contribution is -2.17. The minimum Gasteiger partial charge on any atom is -0.497 e. The summed E-state index contributed by atoms with van der Waals surface area (Å²) in [6.07, 6.45) is 4.45. The van der Waals surface area contributed by atoms with E-state index in [2.05, 4.69) is 15.5 Å². The second kappa shape index (κ2) is 8.48. The smallest absolute Gasteiger partial charge is 0.285 e. The van der Waals surface area contributed by atoms with E-state index in [0.29, 0.717) is 23.9 Å². The Morgan fingerprint density at radius 2 is 2.08 bits per heavy atom. The molecule has 3 aromatic rings. The summed E-state index contributed by atoms with van der Waals surface area (Å²) >= 11 is 0. The average molecular weight is 351 g/mol. The van der Waals surface area contributed by atoms with Gasteiger partial charge in [0.25, 0.3) is 11.9 Å². The highest BCUT2D eigenvalue weighted by Gasteiger charge is 2.04. The number of nitrogens with zero attached hydrogens (tertiary/aromatic N) is 2. The van der Waals surface area contributed by atoms with Gasteiger partial charge < -0.3 is 13.9 Å². The molecule has 26 heavy (non-hydrogen) atoms. The summed E-state index contributed by atoms with van der Waals surface area (Å²) in [6.45, 7) is 0.367. The SMILES string of the molecule is COc1ccc(COc2ccc(/C=N/NC(=O)c3cccnc3)o2)cc1. The zero-order valence-corrected chi connectivity index (χ0v) is 14.1. The van der Waals surface area contributed by atoms with Crippen LogP contribution >= 0.6 is 0 Å². The number of carbonyl (C=O) groups is 1. The topological polar surface area (TPSA) is 86.0 Å². The highest BCUT2D eigenvalue weighted by molar-refractivity contribution is 5.94. The zero-order valence-electron chi connectivity index (χ0n) is 14.1. The Balaban J connectivity index is 1.50.